The molecule has 8 heteroatoms. The maximum Gasteiger partial charge on any atom is 0.272 e. The van der Waals surface area contributed by atoms with Crippen LogP contribution < -0.4 is 5.32 Å². The number of hydrogen-bond donors (Lipinski definition) is 1. The maximum absolute atomic E-state index is 13.4. The highest BCUT2D eigenvalue weighted by Gasteiger charge is 2.31. The molecule has 2 heterocycles. The largest absolute Gasteiger partial charge is 0.372 e. The van der Waals surface area contributed by atoms with Crippen molar-refractivity contribution in [2.75, 3.05) is 6.61 Å². The molecule has 1 saturated carbocycles. The summed E-state index contributed by atoms with van der Waals surface area (Å²) in [5.74, 6) is -0.518. The first-order valence-corrected chi connectivity index (χ1v) is 11.7. The average Bonchev–Trinajstić information content (AvgIpc) is 3.44. The van der Waals surface area contributed by atoms with E-state index in [1.165, 1.54) is 12.1 Å². The van der Waals surface area contributed by atoms with E-state index in [4.69, 9.17) is 33.0 Å². The number of nitrogens with zero attached hydrogens (tertiary/aromatic N) is 2. The normalized spacial score (nSPS) is 17.4. The molecule has 1 N–H and O–H groups in total. The zero-order valence-electron chi connectivity index (χ0n) is 17.8. The van der Waals surface area contributed by atoms with E-state index in [1.54, 1.807) is 35.0 Å². The third-order valence-corrected chi connectivity index (χ3v) is 6.58. The third kappa shape index (κ3) is 4.56. The van der Waals surface area contributed by atoms with E-state index in [-0.39, 0.29) is 24.4 Å². The first kappa shape index (κ1) is 22.1. The van der Waals surface area contributed by atoms with Gasteiger partial charge in [0, 0.05) is 22.2 Å². The number of hydrogen-bond acceptors (Lipinski definition) is 3. The quantitative estimate of drug-likeness (QED) is 0.488. The molecule has 1 amide bonds. The summed E-state index contributed by atoms with van der Waals surface area (Å²) in [6, 6.07) is 11.5. The smallest absolute Gasteiger partial charge is 0.272 e. The highest BCUT2D eigenvalue weighted by molar-refractivity contribution is 6.35. The Bertz CT molecular complexity index is 1230. The van der Waals surface area contributed by atoms with Crippen LogP contribution in [0.2, 0.25) is 10.0 Å². The zero-order valence-corrected chi connectivity index (χ0v) is 19.3. The van der Waals surface area contributed by atoms with Crippen LogP contribution in [0.3, 0.4) is 0 Å². The van der Waals surface area contributed by atoms with Crippen LogP contribution in [0.5, 0.6) is 0 Å². The van der Waals surface area contributed by atoms with Crippen molar-refractivity contribution < 1.29 is 13.9 Å². The molecule has 1 aliphatic carbocycles. The van der Waals surface area contributed by atoms with Gasteiger partial charge in [0.1, 0.15) is 5.82 Å². The van der Waals surface area contributed by atoms with Gasteiger partial charge in [-0.2, -0.15) is 5.10 Å². The van der Waals surface area contributed by atoms with Crippen LogP contribution in [-0.2, 0) is 11.3 Å². The van der Waals surface area contributed by atoms with Crippen molar-refractivity contribution in [3.8, 4) is 5.69 Å². The Morgan fingerprint density at radius 3 is 2.61 bits per heavy atom. The summed E-state index contributed by atoms with van der Waals surface area (Å²) in [4.78, 5) is 13.2. The van der Waals surface area contributed by atoms with E-state index in [9.17, 15) is 9.18 Å². The lowest BCUT2D eigenvalue weighted by Crippen LogP contribution is -2.33. The highest BCUT2D eigenvalue weighted by atomic mass is 35.5. The summed E-state index contributed by atoms with van der Waals surface area (Å²) in [6.45, 7) is 0.583. The van der Waals surface area contributed by atoms with E-state index < -0.39 is 0 Å². The van der Waals surface area contributed by atoms with Crippen molar-refractivity contribution in [2.24, 2.45) is 0 Å². The number of carbonyl (C=O) groups is 1. The molecule has 1 aliphatic heterocycles. The average molecular weight is 486 g/mol. The monoisotopic (exact) mass is 485 g/mol. The number of halogens is 3. The Labute approximate surface area is 201 Å². The van der Waals surface area contributed by atoms with Gasteiger partial charge in [0.2, 0.25) is 0 Å². The Morgan fingerprint density at radius 1 is 1.12 bits per heavy atom. The van der Waals surface area contributed by atoms with Crippen LogP contribution in [0.25, 0.3) is 17.3 Å². The molecule has 2 aliphatic rings. The van der Waals surface area contributed by atoms with Crippen molar-refractivity contribution >= 4 is 40.8 Å². The van der Waals surface area contributed by atoms with Gasteiger partial charge in [-0.3, -0.25) is 4.79 Å². The number of benzene rings is 2. The predicted octanol–water partition coefficient (Wildman–Crippen LogP) is 6.06. The Balaban J connectivity index is 1.63. The predicted molar refractivity (Wildman–Crippen MR) is 127 cm³/mol. The van der Waals surface area contributed by atoms with Gasteiger partial charge in [0.05, 0.1) is 29.6 Å². The van der Waals surface area contributed by atoms with Crippen molar-refractivity contribution in [3.05, 3.63) is 80.8 Å². The van der Waals surface area contributed by atoms with E-state index in [0.29, 0.717) is 33.6 Å². The van der Waals surface area contributed by atoms with E-state index >= 15 is 0 Å². The van der Waals surface area contributed by atoms with E-state index in [0.717, 1.165) is 42.5 Å². The summed E-state index contributed by atoms with van der Waals surface area (Å²) in [5, 5.41) is 8.74. The molecule has 0 spiro atoms. The number of rotatable bonds is 4. The highest BCUT2D eigenvalue weighted by Crippen LogP contribution is 2.35. The second kappa shape index (κ2) is 9.29. The van der Waals surface area contributed by atoms with Gasteiger partial charge in [-0.25, -0.2) is 9.07 Å². The third-order valence-electron chi connectivity index (χ3n) is 6.05. The van der Waals surface area contributed by atoms with Gasteiger partial charge < -0.3 is 10.1 Å². The Hall–Kier alpha value is -2.67. The summed E-state index contributed by atoms with van der Waals surface area (Å²) in [6.07, 6.45) is 6.10. The van der Waals surface area contributed by atoms with Crippen LogP contribution in [0.1, 0.15) is 53.0 Å². The summed E-state index contributed by atoms with van der Waals surface area (Å²) in [7, 11) is 0. The minimum atomic E-state index is -0.304. The van der Waals surface area contributed by atoms with Crippen LogP contribution in [0.4, 0.5) is 4.39 Å². The van der Waals surface area contributed by atoms with Crippen LogP contribution in [-0.4, -0.2) is 28.3 Å². The van der Waals surface area contributed by atoms with Gasteiger partial charge in [-0.15, -0.1) is 0 Å². The van der Waals surface area contributed by atoms with Crippen molar-refractivity contribution in [1.82, 2.24) is 15.1 Å². The van der Waals surface area contributed by atoms with Crippen LogP contribution in [0, 0.1) is 5.82 Å². The van der Waals surface area contributed by atoms with Crippen LogP contribution >= 0.6 is 23.2 Å². The molecule has 5 nitrogen and oxygen atoms in total. The van der Waals surface area contributed by atoms with Crippen LogP contribution in [0.15, 0.2) is 42.5 Å². The van der Waals surface area contributed by atoms with Gasteiger partial charge in [-0.1, -0.05) is 48.2 Å². The molecule has 33 heavy (non-hydrogen) atoms. The minimum Gasteiger partial charge on any atom is -0.372 e. The molecule has 0 saturated heterocycles. The molecule has 2 aromatic carbocycles. The topological polar surface area (TPSA) is 56.2 Å². The van der Waals surface area contributed by atoms with Gasteiger partial charge >= 0.3 is 0 Å². The number of nitrogens with one attached hydrogen (secondary N) is 1. The first-order chi connectivity index (χ1) is 16.0. The lowest BCUT2D eigenvalue weighted by molar-refractivity contribution is 0.0924. The number of aromatic nitrogens is 2. The summed E-state index contributed by atoms with van der Waals surface area (Å²) >= 11 is 12.6. The molecule has 170 valence electrons. The van der Waals surface area contributed by atoms with Gasteiger partial charge in [0.25, 0.3) is 5.91 Å². The molecule has 1 aromatic heterocycles. The molecule has 0 unspecified atom stereocenters. The fraction of sp³-hybridized carbons (Fsp3) is 0.280. The zero-order chi connectivity index (χ0) is 22.9. The number of fused-ring (bicyclic) bond motifs is 1. The lowest BCUT2D eigenvalue weighted by atomic mass is 10.0. The molecular formula is C25H22Cl2FN3O2. The van der Waals surface area contributed by atoms with Gasteiger partial charge in [-0.05, 0) is 54.8 Å². The Morgan fingerprint density at radius 2 is 1.88 bits per heavy atom. The number of amides is 1. The second-order valence-corrected chi connectivity index (χ2v) is 9.20. The SMILES string of the molecule is O=C(NC1CCCC1)c1nn(-c2ccc(Cl)cc2Cl)c2c1COC/C2=C\c1ccc(F)cc1. The standard InChI is InChI=1S/C25H22Cl2FN3O2/c26-17-7-10-22(21(27)12-17)31-24-16(11-15-5-8-18(28)9-6-15)13-33-14-20(24)23(30-31)25(32)29-19-3-1-2-4-19/h5-12,19H,1-4,13-14H2,(H,29,32)/b16-11+. The second-order valence-electron chi connectivity index (χ2n) is 8.35. The van der Waals surface area contributed by atoms with Gasteiger partial charge in [0.15, 0.2) is 5.69 Å². The Kier molecular flexibility index (Phi) is 6.23. The van der Waals surface area contributed by atoms with Crippen molar-refractivity contribution in [1.29, 1.82) is 0 Å². The van der Waals surface area contributed by atoms with Crippen molar-refractivity contribution in [2.45, 2.75) is 38.3 Å². The molecule has 1 fully saturated rings. The number of ether oxygens (including phenoxy) is 1. The molecular weight excluding hydrogens is 464 g/mol. The summed E-state index contributed by atoms with van der Waals surface area (Å²) in [5.41, 5.74) is 4.04. The lowest BCUT2D eigenvalue weighted by Gasteiger charge is -2.19. The molecule has 3 aromatic rings. The van der Waals surface area contributed by atoms with Crippen molar-refractivity contribution in [3.63, 3.8) is 0 Å². The van der Waals surface area contributed by atoms with E-state index in [2.05, 4.69) is 5.32 Å². The first-order valence-electron chi connectivity index (χ1n) is 10.9. The fourth-order valence-electron chi connectivity index (χ4n) is 4.45. The minimum absolute atomic E-state index is 0.163. The molecule has 0 radical (unpaired) electrons. The number of carbonyl (C=O) groups excluding carboxylic acids is 1. The fourth-order valence-corrected chi connectivity index (χ4v) is 4.94. The molecule has 5 rings (SSSR count). The summed E-state index contributed by atoms with van der Waals surface area (Å²) < 4.78 is 20.9. The maximum atomic E-state index is 13.4. The van der Waals surface area contributed by atoms with E-state index in [1.807, 2.05) is 6.08 Å². The molecule has 0 atom stereocenters. The molecule has 0 bridgehead atoms.